The fourth-order valence-electron chi connectivity index (χ4n) is 2.21. The zero-order chi connectivity index (χ0) is 14.7. The van der Waals surface area contributed by atoms with Gasteiger partial charge in [-0.05, 0) is 49.1 Å². The molecule has 0 heterocycles. The van der Waals surface area contributed by atoms with Crippen LogP contribution in [0.5, 0.6) is 0 Å². The predicted molar refractivity (Wildman–Crippen MR) is 84.4 cm³/mol. The van der Waals surface area contributed by atoms with Gasteiger partial charge in [-0.1, -0.05) is 53.0 Å². The van der Waals surface area contributed by atoms with Gasteiger partial charge < -0.3 is 0 Å². The number of benzene rings is 2. The molecule has 0 amide bonds. The van der Waals surface area contributed by atoms with Crippen LogP contribution in [0.2, 0.25) is 10.0 Å². The molecule has 20 heavy (non-hydrogen) atoms. The molecule has 2 rings (SSSR count). The SMILES string of the molecule is Cc1ccc(C)c(CC(C#N)c2ccc(Cl)c(Cl)c2)c1. The first kappa shape index (κ1) is 14.9. The maximum atomic E-state index is 9.44. The van der Waals surface area contributed by atoms with Crippen LogP contribution < -0.4 is 0 Å². The van der Waals surface area contributed by atoms with Gasteiger partial charge in [-0.3, -0.25) is 0 Å². The maximum absolute atomic E-state index is 9.44. The van der Waals surface area contributed by atoms with Crippen molar-refractivity contribution in [2.45, 2.75) is 26.2 Å². The van der Waals surface area contributed by atoms with Crippen molar-refractivity contribution < 1.29 is 0 Å². The first-order valence-corrected chi connectivity index (χ1v) is 7.17. The maximum Gasteiger partial charge on any atom is 0.0753 e. The van der Waals surface area contributed by atoms with Crippen molar-refractivity contribution in [3.8, 4) is 6.07 Å². The largest absolute Gasteiger partial charge is 0.198 e. The lowest BCUT2D eigenvalue weighted by Gasteiger charge is -2.13. The third kappa shape index (κ3) is 3.33. The molecule has 2 aromatic carbocycles. The van der Waals surface area contributed by atoms with E-state index in [1.54, 1.807) is 12.1 Å². The summed E-state index contributed by atoms with van der Waals surface area (Å²) < 4.78 is 0. The van der Waals surface area contributed by atoms with Gasteiger partial charge in [0.05, 0.1) is 22.0 Å². The standard InChI is InChI=1S/C17H15Cl2N/c1-11-3-4-12(2)14(7-11)8-15(10-20)13-5-6-16(18)17(19)9-13/h3-7,9,15H,8H2,1-2H3. The number of aryl methyl sites for hydroxylation is 2. The molecule has 1 atom stereocenters. The first-order chi connectivity index (χ1) is 9.51. The van der Waals surface area contributed by atoms with Crippen LogP contribution in [0.4, 0.5) is 0 Å². The highest BCUT2D eigenvalue weighted by atomic mass is 35.5. The molecule has 0 fully saturated rings. The number of hydrogen-bond donors (Lipinski definition) is 0. The Morgan fingerprint density at radius 2 is 1.80 bits per heavy atom. The highest BCUT2D eigenvalue weighted by Gasteiger charge is 2.14. The highest BCUT2D eigenvalue weighted by molar-refractivity contribution is 6.42. The average molecular weight is 304 g/mol. The molecule has 3 heteroatoms. The molecule has 0 aromatic heterocycles. The molecule has 0 radical (unpaired) electrons. The summed E-state index contributed by atoms with van der Waals surface area (Å²) in [6, 6.07) is 14.1. The molecular formula is C17H15Cl2N. The molecule has 0 spiro atoms. The molecule has 0 saturated heterocycles. The molecule has 0 aliphatic carbocycles. The van der Waals surface area contributed by atoms with Crippen molar-refractivity contribution in [1.82, 2.24) is 0 Å². The summed E-state index contributed by atoms with van der Waals surface area (Å²) in [5.74, 6) is -0.217. The van der Waals surface area contributed by atoms with Crippen LogP contribution in [0.25, 0.3) is 0 Å². The van der Waals surface area contributed by atoms with Gasteiger partial charge in [-0.15, -0.1) is 0 Å². The topological polar surface area (TPSA) is 23.8 Å². The van der Waals surface area contributed by atoms with Gasteiger partial charge >= 0.3 is 0 Å². The minimum Gasteiger partial charge on any atom is -0.198 e. The van der Waals surface area contributed by atoms with Gasteiger partial charge in [-0.2, -0.15) is 5.26 Å². The Hall–Kier alpha value is -1.49. The minimum absolute atomic E-state index is 0.217. The second kappa shape index (κ2) is 6.31. The van der Waals surface area contributed by atoms with E-state index in [0.29, 0.717) is 16.5 Å². The van der Waals surface area contributed by atoms with Crippen molar-refractivity contribution in [3.63, 3.8) is 0 Å². The zero-order valence-corrected chi connectivity index (χ0v) is 13.0. The molecule has 0 aliphatic rings. The monoisotopic (exact) mass is 303 g/mol. The fourth-order valence-corrected chi connectivity index (χ4v) is 2.51. The van der Waals surface area contributed by atoms with E-state index in [4.69, 9.17) is 23.2 Å². The summed E-state index contributed by atoms with van der Waals surface area (Å²) in [6.07, 6.45) is 0.683. The van der Waals surface area contributed by atoms with Gasteiger partial charge in [0.1, 0.15) is 0 Å². The zero-order valence-electron chi connectivity index (χ0n) is 11.5. The Morgan fingerprint density at radius 3 is 2.45 bits per heavy atom. The lowest BCUT2D eigenvalue weighted by atomic mass is 9.90. The van der Waals surface area contributed by atoms with Crippen LogP contribution in [-0.4, -0.2) is 0 Å². The lowest BCUT2D eigenvalue weighted by molar-refractivity contribution is 0.842. The molecule has 1 nitrogen and oxygen atoms in total. The van der Waals surface area contributed by atoms with Crippen molar-refractivity contribution in [2.75, 3.05) is 0 Å². The Kier molecular flexibility index (Phi) is 4.70. The number of nitriles is 1. The molecule has 1 unspecified atom stereocenters. The second-order valence-corrected chi connectivity index (χ2v) is 5.80. The predicted octanol–water partition coefficient (Wildman–Crippen LogP) is 5.46. The van der Waals surface area contributed by atoms with Crippen molar-refractivity contribution >= 4 is 23.2 Å². The first-order valence-electron chi connectivity index (χ1n) is 6.42. The van der Waals surface area contributed by atoms with Crippen LogP contribution in [-0.2, 0) is 6.42 Å². The van der Waals surface area contributed by atoms with E-state index in [1.165, 1.54) is 16.7 Å². The molecular weight excluding hydrogens is 289 g/mol. The fraction of sp³-hybridized carbons (Fsp3) is 0.235. The van der Waals surface area contributed by atoms with E-state index in [9.17, 15) is 5.26 Å². The van der Waals surface area contributed by atoms with Crippen molar-refractivity contribution in [1.29, 1.82) is 5.26 Å². The highest BCUT2D eigenvalue weighted by Crippen LogP contribution is 2.29. The number of halogens is 2. The van der Waals surface area contributed by atoms with Crippen molar-refractivity contribution in [2.24, 2.45) is 0 Å². The van der Waals surface area contributed by atoms with E-state index >= 15 is 0 Å². The quantitative estimate of drug-likeness (QED) is 0.738. The van der Waals surface area contributed by atoms with Gasteiger partial charge in [0, 0.05) is 0 Å². The van der Waals surface area contributed by atoms with Crippen LogP contribution in [0, 0.1) is 25.2 Å². The average Bonchev–Trinajstić information content (AvgIpc) is 2.43. The third-order valence-corrected chi connectivity index (χ3v) is 4.17. The summed E-state index contributed by atoms with van der Waals surface area (Å²) in [5.41, 5.74) is 4.51. The van der Waals surface area contributed by atoms with Gasteiger partial charge in [0.25, 0.3) is 0 Å². The van der Waals surface area contributed by atoms with Crippen molar-refractivity contribution in [3.05, 3.63) is 68.7 Å². The second-order valence-electron chi connectivity index (χ2n) is 4.99. The Balaban J connectivity index is 2.31. The molecule has 0 saturated carbocycles. The van der Waals surface area contributed by atoms with Crippen LogP contribution in [0.15, 0.2) is 36.4 Å². The van der Waals surface area contributed by atoms with E-state index in [-0.39, 0.29) is 5.92 Å². The van der Waals surface area contributed by atoms with Crippen LogP contribution >= 0.6 is 23.2 Å². The normalized spacial score (nSPS) is 11.9. The summed E-state index contributed by atoms with van der Waals surface area (Å²) in [5, 5.41) is 10.4. The Bertz CT molecular complexity index is 671. The summed E-state index contributed by atoms with van der Waals surface area (Å²) in [6.45, 7) is 4.13. The number of hydrogen-bond acceptors (Lipinski definition) is 1. The number of rotatable bonds is 3. The van der Waals surface area contributed by atoms with Crippen LogP contribution in [0.3, 0.4) is 0 Å². The Morgan fingerprint density at radius 1 is 1.05 bits per heavy atom. The summed E-state index contributed by atoms with van der Waals surface area (Å²) >= 11 is 12.0. The van der Waals surface area contributed by atoms with Crippen LogP contribution in [0.1, 0.15) is 28.2 Å². The van der Waals surface area contributed by atoms with E-state index in [2.05, 4.69) is 38.1 Å². The van der Waals surface area contributed by atoms with E-state index < -0.39 is 0 Å². The third-order valence-electron chi connectivity index (χ3n) is 3.43. The lowest BCUT2D eigenvalue weighted by Crippen LogP contribution is -2.02. The summed E-state index contributed by atoms with van der Waals surface area (Å²) in [4.78, 5) is 0. The molecule has 102 valence electrons. The molecule has 0 bridgehead atoms. The molecule has 2 aromatic rings. The van der Waals surface area contributed by atoms with Gasteiger partial charge in [0.2, 0.25) is 0 Å². The summed E-state index contributed by atoms with van der Waals surface area (Å²) in [7, 11) is 0. The van der Waals surface area contributed by atoms with Gasteiger partial charge in [-0.25, -0.2) is 0 Å². The van der Waals surface area contributed by atoms with E-state index in [1.807, 2.05) is 6.07 Å². The molecule has 0 aliphatic heterocycles. The number of nitrogens with zero attached hydrogens (tertiary/aromatic N) is 1. The molecule has 0 N–H and O–H groups in total. The smallest absolute Gasteiger partial charge is 0.0753 e. The van der Waals surface area contributed by atoms with E-state index in [0.717, 1.165) is 5.56 Å². The Labute approximate surface area is 129 Å². The van der Waals surface area contributed by atoms with Gasteiger partial charge in [0.15, 0.2) is 0 Å². The minimum atomic E-state index is -0.217.